The van der Waals surface area contributed by atoms with Crippen molar-refractivity contribution in [3.63, 3.8) is 0 Å². The summed E-state index contributed by atoms with van der Waals surface area (Å²) in [6, 6.07) is 12.0. The summed E-state index contributed by atoms with van der Waals surface area (Å²) in [6.45, 7) is 6.20. The van der Waals surface area contributed by atoms with Crippen LogP contribution in [0.15, 0.2) is 30.3 Å². The average molecular weight is 490 g/mol. The Morgan fingerprint density at radius 1 is 1.25 bits per heavy atom. The smallest absolute Gasteiger partial charge is 0.309 e. The molecule has 7 heteroatoms. The lowest BCUT2D eigenvalue weighted by Crippen LogP contribution is -2.36. The van der Waals surface area contributed by atoms with Crippen molar-refractivity contribution in [2.75, 3.05) is 6.54 Å². The van der Waals surface area contributed by atoms with E-state index in [2.05, 4.69) is 15.5 Å². The van der Waals surface area contributed by atoms with Crippen molar-refractivity contribution in [1.29, 1.82) is 5.26 Å². The number of rotatable bonds is 8. The van der Waals surface area contributed by atoms with Crippen molar-refractivity contribution < 1.29 is 19.4 Å². The molecular formula is C29H35N3O4. The quantitative estimate of drug-likeness (QED) is 0.443. The van der Waals surface area contributed by atoms with E-state index < -0.39 is 5.60 Å². The van der Waals surface area contributed by atoms with Crippen LogP contribution in [0.1, 0.15) is 79.7 Å². The second-order valence-corrected chi connectivity index (χ2v) is 11.3. The Morgan fingerprint density at radius 2 is 2.00 bits per heavy atom. The van der Waals surface area contributed by atoms with Gasteiger partial charge in [0.15, 0.2) is 5.78 Å². The number of aliphatic hydroxyl groups excluding tert-OH is 1. The highest BCUT2D eigenvalue weighted by molar-refractivity contribution is 5.99. The van der Waals surface area contributed by atoms with Gasteiger partial charge in [-0.2, -0.15) is 5.26 Å². The van der Waals surface area contributed by atoms with E-state index in [1.807, 2.05) is 39.0 Å². The molecule has 0 saturated carbocycles. The first-order chi connectivity index (χ1) is 17.2. The van der Waals surface area contributed by atoms with Crippen molar-refractivity contribution in [1.82, 2.24) is 9.47 Å². The summed E-state index contributed by atoms with van der Waals surface area (Å²) in [5.74, 6) is -0.122. The number of aliphatic hydroxyl groups is 1. The number of hydrogen-bond donors (Lipinski definition) is 1. The maximum atomic E-state index is 13.5. The van der Waals surface area contributed by atoms with Crippen LogP contribution < -0.4 is 0 Å². The fourth-order valence-electron chi connectivity index (χ4n) is 6.57. The second kappa shape index (κ2) is 9.49. The van der Waals surface area contributed by atoms with Gasteiger partial charge < -0.3 is 14.4 Å². The molecule has 7 nitrogen and oxygen atoms in total. The number of nitriles is 1. The molecule has 0 radical (unpaired) electrons. The number of cyclic esters (lactones) is 1. The van der Waals surface area contributed by atoms with Crippen molar-refractivity contribution in [3.8, 4) is 11.8 Å². The standard InChI is InChI=1S/C29H35N3O4/c1-18-24(27(34)17-31-22-11-12-25(31)26(33)14-22)13-23(32(18)21-9-7-19(16-30)8-10-21)6-4-5-20-15-29(2,3)36-28(20)35/h7-10,13,20,22,25-26,33H,4-6,11-12,14-15,17H2,1-3H3/t20?,22?,25?,26-/m0/s1. The summed E-state index contributed by atoms with van der Waals surface area (Å²) >= 11 is 0. The summed E-state index contributed by atoms with van der Waals surface area (Å²) in [5.41, 5.74) is 3.72. The monoisotopic (exact) mass is 489 g/mol. The second-order valence-electron chi connectivity index (χ2n) is 11.3. The van der Waals surface area contributed by atoms with Gasteiger partial charge in [0.1, 0.15) is 5.60 Å². The van der Waals surface area contributed by atoms with Crippen LogP contribution >= 0.6 is 0 Å². The molecule has 36 heavy (non-hydrogen) atoms. The molecule has 3 aliphatic rings. The SMILES string of the molecule is Cc1c(C(=O)CN2C3CCC2[C@@H](O)C3)cc(CCCC2CC(C)(C)OC2=O)n1-c1ccc(C#N)cc1. The van der Waals surface area contributed by atoms with Gasteiger partial charge >= 0.3 is 5.97 Å². The topological polar surface area (TPSA) is 95.6 Å². The number of hydrogen-bond acceptors (Lipinski definition) is 6. The van der Waals surface area contributed by atoms with Gasteiger partial charge in [0, 0.05) is 34.7 Å². The molecule has 0 amide bonds. The minimum atomic E-state index is -0.400. The van der Waals surface area contributed by atoms with Gasteiger partial charge in [-0.15, -0.1) is 0 Å². The van der Waals surface area contributed by atoms with Crippen LogP contribution in [-0.4, -0.2) is 56.7 Å². The molecular weight excluding hydrogens is 454 g/mol. The Hall–Kier alpha value is -2.95. The van der Waals surface area contributed by atoms with Gasteiger partial charge in [-0.05, 0) is 96.0 Å². The van der Waals surface area contributed by atoms with Crippen LogP contribution in [0, 0.1) is 24.2 Å². The number of Topliss-reactive ketones (excluding diaryl/α,β-unsaturated/α-hetero) is 1. The van der Waals surface area contributed by atoms with Gasteiger partial charge in [0.2, 0.25) is 0 Å². The third kappa shape index (κ3) is 4.60. The number of fused-ring (bicyclic) bond motifs is 2. The molecule has 1 aromatic carbocycles. The lowest BCUT2D eigenvalue weighted by molar-refractivity contribution is -0.148. The number of ketones is 1. The lowest BCUT2D eigenvalue weighted by atomic mass is 9.93. The molecule has 4 atom stereocenters. The summed E-state index contributed by atoms with van der Waals surface area (Å²) in [6.07, 6.45) is 5.45. The molecule has 3 aliphatic heterocycles. The molecule has 5 rings (SSSR count). The number of nitrogens with zero attached hydrogens (tertiary/aromatic N) is 3. The van der Waals surface area contributed by atoms with Gasteiger partial charge in [-0.25, -0.2) is 0 Å². The first-order valence-corrected chi connectivity index (χ1v) is 13.1. The highest BCUT2D eigenvalue weighted by Gasteiger charge is 2.46. The summed E-state index contributed by atoms with van der Waals surface area (Å²) in [5, 5.41) is 19.5. The first kappa shape index (κ1) is 24.7. The number of ether oxygens (including phenoxy) is 1. The molecule has 190 valence electrons. The molecule has 4 heterocycles. The zero-order chi connectivity index (χ0) is 25.6. The van der Waals surface area contributed by atoms with Crippen LogP contribution in [-0.2, 0) is 16.0 Å². The Labute approximate surface area is 212 Å². The van der Waals surface area contributed by atoms with Crippen LogP contribution in [0.5, 0.6) is 0 Å². The van der Waals surface area contributed by atoms with Gasteiger partial charge in [-0.1, -0.05) is 0 Å². The predicted octanol–water partition coefficient (Wildman–Crippen LogP) is 4.10. The molecule has 1 aromatic heterocycles. The Bertz CT molecular complexity index is 1210. The molecule has 3 saturated heterocycles. The van der Waals surface area contributed by atoms with Gasteiger partial charge in [-0.3, -0.25) is 14.5 Å². The lowest BCUT2D eigenvalue weighted by Gasteiger charge is -2.21. The fraction of sp³-hybridized carbons (Fsp3) is 0.552. The molecule has 0 spiro atoms. The Morgan fingerprint density at radius 3 is 2.58 bits per heavy atom. The maximum Gasteiger partial charge on any atom is 0.309 e. The number of benzene rings is 1. The molecule has 3 unspecified atom stereocenters. The number of aryl methyl sites for hydroxylation is 1. The van der Waals surface area contributed by atoms with Crippen LogP contribution in [0.25, 0.3) is 5.69 Å². The van der Waals surface area contributed by atoms with Crippen molar-refractivity contribution in [3.05, 3.63) is 52.8 Å². The molecule has 3 fully saturated rings. The highest BCUT2D eigenvalue weighted by Crippen LogP contribution is 2.38. The van der Waals surface area contributed by atoms with Crippen molar-refractivity contribution in [2.24, 2.45) is 5.92 Å². The number of carbonyl (C=O) groups excluding carboxylic acids is 2. The first-order valence-electron chi connectivity index (χ1n) is 13.1. The molecule has 2 bridgehead atoms. The molecule has 0 aliphatic carbocycles. The van der Waals surface area contributed by atoms with E-state index in [1.54, 1.807) is 12.1 Å². The third-order valence-electron chi connectivity index (χ3n) is 8.29. The van der Waals surface area contributed by atoms with Crippen LogP contribution in [0.4, 0.5) is 0 Å². The molecule has 1 N–H and O–H groups in total. The van der Waals surface area contributed by atoms with E-state index in [1.165, 1.54) is 0 Å². The maximum absolute atomic E-state index is 13.5. The van der Waals surface area contributed by atoms with Crippen LogP contribution in [0.3, 0.4) is 0 Å². The molecule has 2 aromatic rings. The predicted molar refractivity (Wildman–Crippen MR) is 135 cm³/mol. The van der Waals surface area contributed by atoms with Crippen molar-refractivity contribution >= 4 is 11.8 Å². The van der Waals surface area contributed by atoms with Crippen molar-refractivity contribution in [2.45, 2.75) is 89.5 Å². The Kier molecular flexibility index (Phi) is 6.52. The van der Waals surface area contributed by atoms with E-state index in [4.69, 9.17) is 4.74 Å². The highest BCUT2D eigenvalue weighted by atomic mass is 16.6. The normalized spacial score (nSPS) is 26.8. The largest absolute Gasteiger partial charge is 0.459 e. The van der Waals surface area contributed by atoms with Crippen LogP contribution in [0.2, 0.25) is 0 Å². The number of carbonyl (C=O) groups is 2. The van der Waals surface area contributed by atoms with E-state index >= 15 is 0 Å². The zero-order valence-electron chi connectivity index (χ0n) is 21.4. The summed E-state index contributed by atoms with van der Waals surface area (Å²) in [4.78, 5) is 27.9. The number of aromatic nitrogens is 1. The van der Waals surface area contributed by atoms with E-state index in [0.717, 1.165) is 62.0 Å². The van der Waals surface area contributed by atoms with E-state index in [0.29, 0.717) is 23.7 Å². The van der Waals surface area contributed by atoms with Gasteiger partial charge in [0.05, 0.1) is 30.2 Å². The minimum absolute atomic E-state index is 0.0771. The fourth-order valence-corrected chi connectivity index (χ4v) is 6.57. The average Bonchev–Trinajstić information content (AvgIpc) is 3.53. The van der Waals surface area contributed by atoms with E-state index in [9.17, 15) is 20.0 Å². The van der Waals surface area contributed by atoms with Gasteiger partial charge in [0.25, 0.3) is 0 Å². The summed E-state index contributed by atoms with van der Waals surface area (Å²) < 4.78 is 7.60. The Balaban J connectivity index is 1.38. The third-order valence-corrected chi connectivity index (χ3v) is 8.29. The summed E-state index contributed by atoms with van der Waals surface area (Å²) in [7, 11) is 0. The van der Waals surface area contributed by atoms with E-state index in [-0.39, 0.29) is 29.8 Å². The zero-order valence-corrected chi connectivity index (χ0v) is 21.4. The number of esters is 1. The minimum Gasteiger partial charge on any atom is -0.459 e.